The standard InChI is InChI=1S/C16H23N3O2S/c1-9(2)19(10(3)4)13(20)7-21-15-14-11(5)12(6)22-16(14)18-8-17-15/h8-10H,7H2,1-6H3. The summed E-state index contributed by atoms with van der Waals surface area (Å²) in [6, 6.07) is 0.290. The Bertz CT molecular complexity index is 671. The number of amides is 1. The zero-order chi connectivity index (χ0) is 16.4. The van der Waals surface area contributed by atoms with E-state index in [2.05, 4.69) is 16.9 Å². The Labute approximate surface area is 135 Å². The fourth-order valence-electron chi connectivity index (χ4n) is 2.64. The first-order valence-electron chi connectivity index (χ1n) is 7.47. The van der Waals surface area contributed by atoms with E-state index in [9.17, 15) is 4.79 Å². The molecule has 6 heteroatoms. The Hall–Kier alpha value is -1.69. The van der Waals surface area contributed by atoms with Gasteiger partial charge in [0.15, 0.2) is 6.61 Å². The molecule has 0 aliphatic heterocycles. The predicted molar refractivity (Wildman–Crippen MR) is 89.5 cm³/mol. The number of hydrogen-bond donors (Lipinski definition) is 0. The maximum atomic E-state index is 12.4. The van der Waals surface area contributed by atoms with Gasteiger partial charge in [0.2, 0.25) is 5.88 Å². The topological polar surface area (TPSA) is 55.3 Å². The van der Waals surface area contributed by atoms with E-state index in [4.69, 9.17) is 4.74 Å². The van der Waals surface area contributed by atoms with Crippen LogP contribution in [-0.4, -0.2) is 39.5 Å². The van der Waals surface area contributed by atoms with E-state index in [-0.39, 0.29) is 24.6 Å². The number of thiophene rings is 1. The van der Waals surface area contributed by atoms with Crippen molar-refractivity contribution in [3.8, 4) is 5.88 Å². The largest absolute Gasteiger partial charge is 0.467 e. The van der Waals surface area contributed by atoms with Crippen LogP contribution in [0.3, 0.4) is 0 Å². The lowest BCUT2D eigenvalue weighted by atomic mass is 10.2. The molecule has 2 rings (SSSR count). The van der Waals surface area contributed by atoms with Crippen molar-refractivity contribution in [2.75, 3.05) is 6.61 Å². The van der Waals surface area contributed by atoms with Gasteiger partial charge in [-0.25, -0.2) is 9.97 Å². The van der Waals surface area contributed by atoms with Crippen LogP contribution >= 0.6 is 11.3 Å². The van der Waals surface area contributed by atoms with Crippen molar-refractivity contribution in [3.05, 3.63) is 16.8 Å². The third kappa shape index (κ3) is 3.21. The number of carbonyl (C=O) groups excluding carboxylic acids is 1. The molecule has 2 aromatic heterocycles. The van der Waals surface area contributed by atoms with E-state index in [0.29, 0.717) is 5.88 Å². The molecule has 0 atom stereocenters. The summed E-state index contributed by atoms with van der Waals surface area (Å²) in [7, 11) is 0. The average Bonchev–Trinajstić information content (AvgIpc) is 2.71. The van der Waals surface area contributed by atoms with E-state index in [1.165, 1.54) is 11.2 Å². The second-order valence-corrected chi connectivity index (χ2v) is 7.12. The minimum Gasteiger partial charge on any atom is -0.467 e. The van der Waals surface area contributed by atoms with Crippen LogP contribution in [0.5, 0.6) is 5.88 Å². The number of fused-ring (bicyclic) bond motifs is 1. The van der Waals surface area contributed by atoms with Gasteiger partial charge in [-0.3, -0.25) is 4.79 Å². The molecular weight excluding hydrogens is 298 g/mol. The maximum absolute atomic E-state index is 12.4. The molecule has 0 saturated carbocycles. The van der Waals surface area contributed by atoms with Crippen LogP contribution in [0.1, 0.15) is 38.1 Å². The van der Waals surface area contributed by atoms with Gasteiger partial charge in [-0.05, 0) is 47.1 Å². The van der Waals surface area contributed by atoms with Crippen LogP contribution in [0.25, 0.3) is 10.2 Å². The molecule has 0 radical (unpaired) electrons. The van der Waals surface area contributed by atoms with Gasteiger partial charge in [0.05, 0.1) is 5.39 Å². The molecule has 120 valence electrons. The molecule has 0 spiro atoms. The lowest BCUT2D eigenvalue weighted by Crippen LogP contribution is -2.44. The Kier molecular flexibility index (Phi) is 5.01. The molecule has 0 N–H and O–H groups in total. The molecule has 1 amide bonds. The summed E-state index contributed by atoms with van der Waals surface area (Å²) < 4.78 is 5.72. The van der Waals surface area contributed by atoms with Crippen LogP contribution in [0.15, 0.2) is 6.33 Å². The predicted octanol–water partition coefficient (Wildman–Crippen LogP) is 3.33. The second kappa shape index (κ2) is 6.60. The van der Waals surface area contributed by atoms with Gasteiger partial charge in [-0.15, -0.1) is 11.3 Å². The molecule has 2 aromatic rings. The van der Waals surface area contributed by atoms with Crippen LogP contribution in [0, 0.1) is 13.8 Å². The van der Waals surface area contributed by atoms with Crippen molar-refractivity contribution in [1.82, 2.24) is 14.9 Å². The van der Waals surface area contributed by atoms with Gasteiger partial charge in [0.25, 0.3) is 5.91 Å². The van der Waals surface area contributed by atoms with Gasteiger partial charge in [-0.1, -0.05) is 0 Å². The zero-order valence-electron chi connectivity index (χ0n) is 14.0. The van der Waals surface area contributed by atoms with E-state index in [1.54, 1.807) is 11.3 Å². The summed E-state index contributed by atoms with van der Waals surface area (Å²) in [5, 5.41) is 0.915. The number of rotatable bonds is 5. The maximum Gasteiger partial charge on any atom is 0.261 e. The number of carbonyl (C=O) groups is 1. The molecule has 2 heterocycles. The Balaban J connectivity index is 2.20. The summed E-state index contributed by atoms with van der Waals surface area (Å²) in [5.41, 5.74) is 1.12. The Morgan fingerprint density at radius 2 is 1.86 bits per heavy atom. The van der Waals surface area contributed by atoms with Gasteiger partial charge >= 0.3 is 0 Å². The highest BCUT2D eigenvalue weighted by Crippen LogP contribution is 2.33. The summed E-state index contributed by atoms with van der Waals surface area (Å²) >= 11 is 1.62. The van der Waals surface area contributed by atoms with Gasteiger partial charge in [0.1, 0.15) is 11.2 Å². The first-order chi connectivity index (χ1) is 10.3. The summed E-state index contributed by atoms with van der Waals surface area (Å²) in [6.45, 7) is 12.1. The van der Waals surface area contributed by atoms with Crippen molar-refractivity contribution in [2.24, 2.45) is 0 Å². The summed E-state index contributed by atoms with van der Waals surface area (Å²) in [6.07, 6.45) is 1.49. The first-order valence-corrected chi connectivity index (χ1v) is 8.29. The number of aromatic nitrogens is 2. The van der Waals surface area contributed by atoms with Gasteiger partial charge < -0.3 is 9.64 Å². The average molecular weight is 321 g/mol. The van der Waals surface area contributed by atoms with E-state index < -0.39 is 0 Å². The normalized spacial score (nSPS) is 11.5. The molecule has 0 aliphatic rings. The van der Waals surface area contributed by atoms with E-state index in [1.807, 2.05) is 39.5 Å². The Morgan fingerprint density at radius 1 is 1.23 bits per heavy atom. The number of aryl methyl sites for hydroxylation is 2. The summed E-state index contributed by atoms with van der Waals surface area (Å²) in [5.74, 6) is 0.467. The lowest BCUT2D eigenvalue weighted by Gasteiger charge is -2.30. The molecule has 0 saturated heterocycles. The molecule has 0 aliphatic carbocycles. The summed E-state index contributed by atoms with van der Waals surface area (Å²) in [4.78, 5) is 24.8. The number of nitrogens with zero attached hydrogens (tertiary/aromatic N) is 3. The fourth-order valence-corrected chi connectivity index (χ4v) is 3.62. The first kappa shape index (κ1) is 16.7. The minimum absolute atomic E-state index is 0.00317. The van der Waals surface area contributed by atoms with Crippen LogP contribution in [0.2, 0.25) is 0 Å². The molecule has 0 fully saturated rings. The highest BCUT2D eigenvalue weighted by Gasteiger charge is 2.21. The van der Waals surface area contributed by atoms with E-state index >= 15 is 0 Å². The fraction of sp³-hybridized carbons (Fsp3) is 0.562. The third-order valence-corrected chi connectivity index (χ3v) is 4.78. The van der Waals surface area contributed by atoms with Crippen LogP contribution < -0.4 is 4.74 Å². The van der Waals surface area contributed by atoms with Crippen molar-refractivity contribution in [3.63, 3.8) is 0 Å². The van der Waals surface area contributed by atoms with Crippen molar-refractivity contribution in [2.45, 2.75) is 53.6 Å². The van der Waals surface area contributed by atoms with Crippen LogP contribution in [0.4, 0.5) is 0 Å². The van der Waals surface area contributed by atoms with Crippen molar-refractivity contribution in [1.29, 1.82) is 0 Å². The lowest BCUT2D eigenvalue weighted by molar-refractivity contribution is -0.137. The number of hydrogen-bond acceptors (Lipinski definition) is 5. The highest BCUT2D eigenvalue weighted by molar-refractivity contribution is 7.18. The smallest absolute Gasteiger partial charge is 0.261 e. The molecular formula is C16H23N3O2S. The SMILES string of the molecule is Cc1sc2ncnc(OCC(=O)N(C(C)C)C(C)C)c2c1C. The number of ether oxygens (including phenoxy) is 1. The van der Waals surface area contributed by atoms with Crippen LogP contribution in [-0.2, 0) is 4.79 Å². The quantitative estimate of drug-likeness (QED) is 0.847. The van der Waals surface area contributed by atoms with E-state index in [0.717, 1.165) is 15.8 Å². The van der Waals surface area contributed by atoms with Gasteiger partial charge in [0, 0.05) is 17.0 Å². The molecule has 0 aromatic carbocycles. The third-order valence-electron chi connectivity index (χ3n) is 3.66. The molecule has 0 unspecified atom stereocenters. The zero-order valence-corrected chi connectivity index (χ0v) is 14.8. The Morgan fingerprint density at radius 3 is 2.45 bits per heavy atom. The second-order valence-electron chi connectivity index (χ2n) is 5.92. The molecule has 5 nitrogen and oxygen atoms in total. The monoisotopic (exact) mass is 321 g/mol. The van der Waals surface area contributed by atoms with Crippen molar-refractivity contribution < 1.29 is 9.53 Å². The van der Waals surface area contributed by atoms with Crippen molar-refractivity contribution >= 4 is 27.5 Å². The molecule has 0 bridgehead atoms. The van der Waals surface area contributed by atoms with Gasteiger partial charge in [-0.2, -0.15) is 0 Å². The minimum atomic E-state index is -0.0265. The highest BCUT2D eigenvalue weighted by atomic mass is 32.1. The molecule has 22 heavy (non-hydrogen) atoms.